The van der Waals surface area contributed by atoms with Gasteiger partial charge < -0.3 is 9.32 Å². The highest BCUT2D eigenvalue weighted by molar-refractivity contribution is 7.89. The second kappa shape index (κ2) is 6.61. The molecule has 1 N–H and O–H groups in total. The number of furan rings is 1. The molecule has 0 aliphatic heterocycles. The summed E-state index contributed by atoms with van der Waals surface area (Å²) >= 11 is 0. The molecule has 134 valence electrons. The highest BCUT2D eigenvalue weighted by Gasteiger charge is 2.30. The molecule has 1 unspecified atom stereocenters. The van der Waals surface area contributed by atoms with E-state index < -0.39 is 26.6 Å². The molecule has 1 aromatic carbocycles. The quantitative estimate of drug-likeness (QED) is 0.852. The van der Waals surface area contributed by atoms with Gasteiger partial charge in [0.25, 0.3) is 5.91 Å². The molecule has 2 aromatic rings. The summed E-state index contributed by atoms with van der Waals surface area (Å²) in [6, 6.07) is 6.32. The molecule has 1 amide bonds. The molecule has 6 nitrogen and oxygen atoms in total. The molecule has 1 aliphatic rings. The first-order valence-corrected chi connectivity index (χ1v) is 9.40. The van der Waals surface area contributed by atoms with Crippen molar-refractivity contribution in [3.8, 4) is 0 Å². The van der Waals surface area contributed by atoms with Crippen LogP contribution < -0.4 is 4.72 Å². The topological polar surface area (TPSA) is 79.6 Å². The predicted octanol–water partition coefficient (Wildman–Crippen LogP) is 2.69. The van der Waals surface area contributed by atoms with Crippen LogP contribution in [0.15, 0.2) is 45.9 Å². The number of amides is 1. The van der Waals surface area contributed by atoms with Crippen molar-refractivity contribution in [2.75, 3.05) is 7.05 Å². The third-order valence-corrected chi connectivity index (χ3v) is 5.76. The monoisotopic (exact) mass is 366 g/mol. The number of hydrogen-bond acceptors (Lipinski definition) is 4. The summed E-state index contributed by atoms with van der Waals surface area (Å²) in [7, 11) is -2.41. The van der Waals surface area contributed by atoms with Crippen LogP contribution in [-0.2, 0) is 10.0 Å². The number of hydrogen-bond donors (Lipinski definition) is 1. The van der Waals surface area contributed by atoms with E-state index in [0.717, 1.165) is 25.0 Å². The fourth-order valence-electron chi connectivity index (χ4n) is 2.43. The SMILES string of the molecule is CC(c1ccco1)N(C)C(=O)c1ccc(F)c(S(=O)(=O)NC2CC2)c1. The zero-order valence-corrected chi connectivity index (χ0v) is 14.7. The lowest BCUT2D eigenvalue weighted by Crippen LogP contribution is -2.30. The van der Waals surface area contributed by atoms with Crippen molar-refractivity contribution in [2.45, 2.75) is 36.7 Å². The van der Waals surface area contributed by atoms with Crippen molar-refractivity contribution >= 4 is 15.9 Å². The first-order valence-electron chi connectivity index (χ1n) is 7.92. The van der Waals surface area contributed by atoms with E-state index in [1.54, 1.807) is 26.1 Å². The number of nitrogens with one attached hydrogen (secondary N) is 1. The summed E-state index contributed by atoms with van der Waals surface area (Å²) in [5.41, 5.74) is 0.0958. The molecule has 25 heavy (non-hydrogen) atoms. The fourth-order valence-corrected chi connectivity index (χ4v) is 3.83. The molecular formula is C17H19FN2O4S. The molecule has 1 aromatic heterocycles. The Labute approximate surface area is 145 Å². The average molecular weight is 366 g/mol. The van der Waals surface area contributed by atoms with E-state index in [4.69, 9.17) is 4.42 Å². The Hall–Kier alpha value is -2.19. The van der Waals surface area contributed by atoms with Crippen molar-refractivity contribution in [3.63, 3.8) is 0 Å². The largest absolute Gasteiger partial charge is 0.467 e. The first kappa shape index (κ1) is 17.6. The van der Waals surface area contributed by atoms with E-state index in [0.29, 0.717) is 5.76 Å². The maximum absolute atomic E-state index is 14.0. The molecular weight excluding hydrogens is 347 g/mol. The van der Waals surface area contributed by atoms with Crippen LogP contribution >= 0.6 is 0 Å². The first-order chi connectivity index (χ1) is 11.8. The number of halogens is 1. The lowest BCUT2D eigenvalue weighted by Gasteiger charge is -2.23. The average Bonchev–Trinajstić information content (AvgIpc) is 3.21. The minimum absolute atomic E-state index is 0.0958. The smallest absolute Gasteiger partial charge is 0.254 e. The van der Waals surface area contributed by atoms with Crippen LogP contribution in [0.1, 0.15) is 41.9 Å². The summed E-state index contributed by atoms with van der Waals surface area (Å²) in [6.45, 7) is 1.78. The summed E-state index contributed by atoms with van der Waals surface area (Å²) in [6.07, 6.45) is 2.99. The van der Waals surface area contributed by atoms with E-state index in [1.807, 2.05) is 0 Å². The number of rotatable bonds is 6. The highest BCUT2D eigenvalue weighted by Crippen LogP contribution is 2.25. The summed E-state index contributed by atoms with van der Waals surface area (Å²) < 4.78 is 46.3. The van der Waals surface area contributed by atoms with Gasteiger partial charge in [-0.1, -0.05) is 0 Å². The van der Waals surface area contributed by atoms with Gasteiger partial charge in [0.05, 0.1) is 12.3 Å². The second-order valence-electron chi connectivity index (χ2n) is 6.15. The number of carbonyl (C=O) groups excluding carboxylic acids is 1. The summed E-state index contributed by atoms with van der Waals surface area (Å²) in [4.78, 5) is 13.6. The Morgan fingerprint density at radius 1 is 1.36 bits per heavy atom. The molecule has 0 bridgehead atoms. The highest BCUT2D eigenvalue weighted by atomic mass is 32.2. The lowest BCUT2D eigenvalue weighted by atomic mass is 10.1. The van der Waals surface area contributed by atoms with Gasteiger partial charge in [0.15, 0.2) is 0 Å². The standard InChI is InChI=1S/C17H19FN2O4S/c1-11(15-4-3-9-24-15)20(2)17(21)12-5-8-14(18)16(10-12)25(22,23)19-13-6-7-13/h3-5,8-11,13,19H,6-7H2,1-2H3. The molecule has 1 atom stereocenters. The number of carbonyl (C=O) groups is 1. The van der Waals surface area contributed by atoms with Gasteiger partial charge in [0, 0.05) is 18.7 Å². The predicted molar refractivity (Wildman–Crippen MR) is 89.0 cm³/mol. The third kappa shape index (κ3) is 3.74. The fraction of sp³-hybridized carbons (Fsp3) is 0.353. The van der Waals surface area contributed by atoms with Crippen molar-refractivity contribution in [1.82, 2.24) is 9.62 Å². The summed E-state index contributed by atoms with van der Waals surface area (Å²) in [5, 5.41) is 0. The van der Waals surface area contributed by atoms with E-state index in [-0.39, 0.29) is 17.6 Å². The van der Waals surface area contributed by atoms with E-state index >= 15 is 0 Å². The molecule has 0 spiro atoms. The normalized spacial score (nSPS) is 15.8. The van der Waals surface area contributed by atoms with Gasteiger partial charge in [-0.15, -0.1) is 0 Å². The van der Waals surface area contributed by atoms with E-state index in [9.17, 15) is 17.6 Å². The Morgan fingerprint density at radius 2 is 2.08 bits per heavy atom. The molecule has 0 saturated heterocycles. The van der Waals surface area contributed by atoms with Crippen LogP contribution in [0.3, 0.4) is 0 Å². The van der Waals surface area contributed by atoms with Crippen LogP contribution in [0.2, 0.25) is 0 Å². The Balaban J connectivity index is 1.87. The van der Waals surface area contributed by atoms with Gasteiger partial charge in [0.1, 0.15) is 16.5 Å². The van der Waals surface area contributed by atoms with Crippen molar-refractivity contribution < 1.29 is 22.0 Å². The zero-order chi connectivity index (χ0) is 18.2. The van der Waals surface area contributed by atoms with Gasteiger partial charge in [-0.25, -0.2) is 17.5 Å². The van der Waals surface area contributed by atoms with Crippen LogP contribution in [0.5, 0.6) is 0 Å². The van der Waals surface area contributed by atoms with Crippen molar-refractivity contribution in [3.05, 3.63) is 53.7 Å². The van der Waals surface area contributed by atoms with E-state index in [1.165, 1.54) is 17.2 Å². The molecule has 1 heterocycles. The van der Waals surface area contributed by atoms with Gasteiger partial charge in [-0.3, -0.25) is 4.79 Å². The molecule has 8 heteroatoms. The summed E-state index contributed by atoms with van der Waals surface area (Å²) in [5.74, 6) is -0.709. The molecule has 0 radical (unpaired) electrons. The van der Waals surface area contributed by atoms with Crippen LogP contribution in [0.4, 0.5) is 4.39 Å². The van der Waals surface area contributed by atoms with Crippen LogP contribution in [-0.4, -0.2) is 32.3 Å². The zero-order valence-electron chi connectivity index (χ0n) is 13.9. The molecule has 3 rings (SSSR count). The van der Waals surface area contributed by atoms with Gasteiger partial charge in [0.2, 0.25) is 10.0 Å². The maximum atomic E-state index is 14.0. The third-order valence-electron chi connectivity index (χ3n) is 4.22. The lowest BCUT2D eigenvalue weighted by molar-refractivity contribution is 0.0726. The van der Waals surface area contributed by atoms with Crippen LogP contribution in [0, 0.1) is 5.82 Å². The minimum atomic E-state index is -3.99. The van der Waals surface area contributed by atoms with E-state index in [2.05, 4.69) is 4.72 Å². The minimum Gasteiger partial charge on any atom is -0.467 e. The maximum Gasteiger partial charge on any atom is 0.254 e. The van der Waals surface area contributed by atoms with Gasteiger partial charge in [-0.05, 0) is 50.1 Å². The Bertz CT molecular complexity index is 876. The van der Waals surface area contributed by atoms with Crippen molar-refractivity contribution in [2.24, 2.45) is 0 Å². The van der Waals surface area contributed by atoms with Crippen molar-refractivity contribution in [1.29, 1.82) is 0 Å². The molecule has 1 saturated carbocycles. The molecule has 1 fully saturated rings. The Morgan fingerprint density at radius 3 is 2.68 bits per heavy atom. The number of sulfonamides is 1. The second-order valence-corrected chi connectivity index (χ2v) is 7.83. The van der Waals surface area contributed by atoms with Gasteiger partial charge >= 0.3 is 0 Å². The van der Waals surface area contributed by atoms with Gasteiger partial charge in [-0.2, -0.15) is 0 Å². The molecule has 1 aliphatic carbocycles. The number of benzene rings is 1. The van der Waals surface area contributed by atoms with Crippen LogP contribution in [0.25, 0.3) is 0 Å². The Kier molecular flexibility index (Phi) is 4.66. The number of nitrogens with zero attached hydrogens (tertiary/aromatic N) is 1.